The zero-order chi connectivity index (χ0) is 20.5. The Bertz CT molecular complexity index is 1140. The number of hydrogen-bond donors (Lipinski definition) is 1. The third-order valence-electron chi connectivity index (χ3n) is 5.41. The summed E-state index contributed by atoms with van der Waals surface area (Å²) >= 11 is 1.56. The molecule has 7 heteroatoms. The maximum absolute atomic E-state index is 12.9. The fourth-order valence-electron chi connectivity index (χ4n) is 3.96. The van der Waals surface area contributed by atoms with Crippen molar-refractivity contribution in [3.63, 3.8) is 0 Å². The van der Waals surface area contributed by atoms with E-state index in [2.05, 4.69) is 10.3 Å². The van der Waals surface area contributed by atoms with Crippen molar-refractivity contribution in [2.45, 2.75) is 36.9 Å². The van der Waals surface area contributed by atoms with E-state index < -0.39 is 0 Å². The molecule has 0 spiro atoms. The number of amides is 1. The Morgan fingerprint density at radius 3 is 2.67 bits per heavy atom. The number of carbonyl (C=O) groups excluding carboxylic acids is 1. The van der Waals surface area contributed by atoms with Gasteiger partial charge in [0.15, 0.2) is 5.16 Å². The van der Waals surface area contributed by atoms with Crippen LogP contribution in [0, 0.1) is 0 Å². The van der Waals surface area contributed by atoms with E-state index in [0.29, 0.717) is 17.2 Å². The van der Waals surface area contributed by atoms with Crippen LogP contribution in [0.25, 0.3) is 0 Å². The molecule has 0 fully saturated rings. The molecule has 0 bridgehead atoms. The molecule has 0 radical (unpaired) electrons. The van der Waals surface area contributed by atoms with Crippen molar-refractivity contribution in [1.29, 1.82) is 0 Å². The minimum atomic E-state index is -0.156. The van der Waals surface area contributed by atoms with Crippen LogP contribution >= 0.6 is 11.8 Å². The molecule has 152 valence electrons. The highest BCUT2D eigenvalue weighted by Gasteiger charge is 2.31. The van der Waals surface area contributed by atoms with E-state index in [9.17, 15) is 9.59 Å². The molecule has 2 aliphatic rings. The van der Waals surface area contributed by atoms with Gasteiger partial charge in [-0.3, -0.25) is 14.2 Å². The number of rotatable bonds is 5. The van der Waals surface area contributed by atoms with Crippen molar-refractivity contribution in [2.24, 2.45) is 0 Å². The van der Waals surface area contributed by atoms with Crippen LogP contribution in [0.3, 0.4) is 0 Å². The summed E-state index contributed by atoms with van der Waals surface area (Å²) in [4.78, 5) is 30.1. The van der Waals surface area contributed by atoms with Gasteiger partial charge in [0, 0.05) is 23.4 Å². The zero-order valence-electron chi connectivity index (χ0n) is 16.3. The lowest BCUT2D eigenvalue weighted by Crippen LogP contribution is -2.30. The summed E-state index contributed by atoms with van der Waals surface area (Å²) in [5.74, 6) is 2.05. The van der Waals surface area contributed by atoms with Gasteiger partial charge in [-0.25, -0.2) is 4.98 Å². The van der Waals surface area contributed by atoms with Crippen molar-refractivity contribution in [1.82, 2.24) is 9.55 Å². The van der Waals surface area contributed by atoms with Crippen molar-refractivity contribution in [3.8, 4) is 11.5 Å². The van der Waals surface area contributed by atoms with E-state index in [4.69, 9.17) is 4.74 Å². The first-order valence-corrected chi connectivity index (χ1v) is 11.1. The fourth-order valence-corrected chi connectivity index (χ4v) is 5.11. The van der Waals surface area contributed by atoms with E-state index in [1.54, 1.807) is 16.3 Å². The molecule has 2 aromatic carbocycles. The summed E-state index contributed by atoms with van der Waals surface area (Å²) < 4.78 is 7.50. The maximum atomic E-state index is 12.9. The van der Waals surface area contributed by atoms with Crippen molar-refractivity contribution in [2.75, 3.05) is 11.1 Å². The van der Waals surface area contributed by atoms with Crippen LogP contribution in [0.15, 0.2) is 64.5 Å². The number of ether oxygens (including phenoxy) is 1. The van der Waals surface area contributed by atoms with Gasteiger partial charge in [0.2, 0.25) is 5.91 Å². The number of aromatic nitrogens is 2. The molecule has 1 aromatic heterocycles. The predicted octanol–water partition coefficient (Wildman–Crippen LogP) is 4.20. The highest BCUT2D eigenvalue weighted by Crippen LogP contribution is 2.34. The first kappa shape index (κ1) is 18.9. The van der Waals surface area contributed by atoms with Crippen LogP contribution in [0.5, 0.6) is 11.5 Å². The third-order valence-corrected chi connectivity index (χ3v) is 6.51. The maximum Gasteiger partial charge on any atom is 0.257 e. The topological polar surface area (TPSA) is 73.2 Å². The Labute approximate surface area is 178 Å². The highest BCUT2D eigenvalue weighted by molar-refractivity contribution is 7.99. The van der Waals surface area contributed by atoms with E-state index in [1.807, 2.05) is 54.6 Å². The lowest BCUT2D eigenvalue weighted by atomic mass is 10.2. The second-order valence-corrected chi connectivity index (χ2v) is 8.49. The van der Waals surface area contributed by atoms with Crippen LogP contribution in [-0.4, -0.2) is 21.2 Å². The van der Waals surface area contributed by atoms with Crippen LogP contribution in [0.2, 0.25) is 0 Å². The smallest absolute Gasteiger partial charge is 0.257 e. The standard InChI is InChI=1S/C23H21N3O3S/c27-21(24-15-9-11-18(12-10-15)29-17-5-2-1-3-6-17)13-16-14-30-23-25-20-8-4-7-19(20)22(28)26(16)23/h1-3,5-6,9-12,16H,4,7-8,13-14H2,(H,24,27). The quantitative estimate of drug-likeness (QED) is 0.628. The molecular weight excluding hydrogens is 398 g/mol. The number of hydrogen-bond acceptors (Lipinski definition) is 5. The summed E-state index contributed by atoms with van der Waals surface area (Å²) in [7, 11) is 0. The Kier molecular flexibility index (Phi) is 5.04. The van der Waals surface area contributed by atoms with E-state index in [-0.39, 0.29) is 23.9 Å². The number of thioether (sulfide) groups is 1. The third kappa shape index (κ3) is 3.73. The van der Waals surface area contributed by atoms with E-state index in [0.717, 1.165) is 41.4 Å². The number of benzene rings is 2. The van der Waals surface area contributed by atoms with Gasteiger partial charge >= 0.3 is 0 Å². The molecular formula is C23H21N3O3S. The van der Waals surface area contributed by atoms with Crippen molar-refractivity contribution in [3.05, 3.63) is 76.2 Å². The summed E-state index contributed by atoms with van der Waals surface area (Å²) in [6.45, 7) is 0. The zero-order valence-corrected chi connectivity index (χ0v) is 17.2. The molecule has 5 rings (SSSR count). The van der Waals surface area contributed by atoms with Gasteiger partial charge in [-0.15, -0.1) is 0 Å². The average molecular weight is 420 g/mol. The molecule has 1 aliphatic carbocycles. The second kappa shape index (κ2) is 7.99. The van der Waals surface area contributed by atoms with Gasteiger partial charge in [-0.1, -0.05) is 30.0 Å². The minimum absolute atomic E-state index is 0.0395. The number of fused-ring (bicyclic) bond motifs is 2. The second-order valence-electron chi connectivity index (χ2n) is 7.50. The van der Waals surface area contributed by atoms with Gasteiger partial charge in [0.05, 0.1) is 11.7 Å². The number of anilines is 1. The lowest BCUT2D eigenvalue weighted by Gasteiger charge is -2.14. The molecule has 0 saturated carbocycles. The van der Waals surface area contributed by atoms with E-state index in [1.165, 1.54) is 0 Å². The molecule has 1 amide bonds. The lowest BCUT2D eigenvalue weighted by molar-refractivity contribution is -0.116. The highest BCUT2D eigenvalue weighted by atomic mass is 32.2. The van der Waals surface area contributed by atoms with Gasteiger partial charge < -0.3 is 10.1 Å². The van der Waals surface area contributed by atoms with Crippen LogP contribution < -0.4 is 15.6 Å². The monoisotopic (exact) mass is 419 g/mol. The average Bonchev–Trinajstić information content (AvgIpc) is 3.38. The van der Waals surface area contributed by atoms with Gasteiger partial charge in [-0.05, 0) is 55.7 Å². The summed E-state index contributed by atoms with van der Waals surface area (Å²) in [5.41, 5.74) is 2.52. The van der Waals surface area contributed by atoms with Crippen LogP contribution in [0.1, 0.15) is 30.1 Å². The largest absolute Gasteiger partial charge is 0.457 e. The molecule has 6 nitrogen and oxygen atoms in total. The van der Waals surface area contributed by atoms with E-state index >= 15 is 0 Å². The summed E-state index contributed by atoms with van der Waals surface area (Å²) in [5, 5.41) is 3.67. The van der Waals surface area contributed by atoms with Gasteiger partial charge in [0.1, 0.15) is 11.5 Å². The molecule has 2 heterocycles. The molecule has 1 unspecified atom stereocenters. The van der Waals surface area contributed by atoms with Gasteiger partial charge in [0.25, 0.3) is 5.56 Å². The Hall–Kier alpha value is -3.06. The van der Waals surface area contributed by atoms with Crippen molar-refractivity contribution >= 4 is 23.4 Å². The molecule has 3 aromatic rings. The number of nitrogens with zero attached hydrogens (tertiary/aromatic N) is 2. The number of nitrogens with one attached hydrogen (secondary N) is 1. The fraction of sp³-hybridized carbons (Fsp3) is 0.261. The molecule has 0 saturated heterocycles. The molecule has 30 heavy (non-hydrogen) atoms. The minimum Gasteiger partial charge on any atom is -0.457 e. The predicted molar refractivity (Wildman–Crippen MR) is 116 cm³/mol. The summed E-state index contributed by atoms with van der Waals surface area (Å²) in [6.07, 6.45) is 2.92. The normalized spacial score (nSPS) is 16.7. The van der Waals surface area contributed by atoms with Crippen molar-refractivity contribution < 1.29 is 9.53 Å². The molecule has 1 atom stereocenters. The SMILES string of the molecule is O=C(CC1CSc2nc3c(c(=O)n21)CCC3)Nc1ccc(Oc2ccccc2)cc1. The Morgan fingerprint density at radius 1 is 1.10 bits per heavy atom. The Balaban J connectivity index is 1.24. The number of aryl methyl sites for hydroxylation is 1. The summed E-state index contributed by atoms with van der Waals surface area (Å²) in [6, 6.07) is 16.7. The number of para-hydroxylation sites is 1. The molecule has 1 aliphatic heterocycles. The first-order valence-electron chi connectivity index (χ1n) is 10.1. The first-order chi connectivity index (χ1) is 14.7. The van der Waals surface area contributed by atoms with Gasteiger partial charge in [-0.2, -0.15) is 0 Å². The molecule has 1 N–H and O–H groups in total. The Morgan fingerprint density at radius 2 is 1.87 bits per heavy atom. The van der Waals surface area contributed by atoms with Crippen LogP contribution in [0.4, 0.5) is 5.69 Å². The van der Waals surface area contributed by atoms with Crippen LogP contribution in [-0.2, 0) is 17.6 Å². The number of carbonyl (C=O) groups is 1.